The Balaban J connectivity index is 2.39. The van der Waals surface area contributed by atoms with Crippen molar-refractivity contribution in [2.75, 3.05) is 0 Å². The van der Waals surface area contributed by atoms with Gasteiger partial charge in [0.15, 0.2) is 0 Å². The first-order valence-corrected chi connectivity index (χ1v) is 6.72. The quantitative estimate of drug-likeness (QED) is 0.454. The van der Waals surface area contributed by atoms with E-state index in [0.717, 1.165) is 6.07 Å². The summed E-state index contributed by atoms with van der Waals surface area (Å²) < 4.78 is 53.9. The zero-order valence-corrected chi connectivity index (χ0v) is 12.6. The highest BCUT2D eigenvalue weighted by Gasteiger charge is 2.31. The molecule has 0 N–H and O–H groups in total. The number of benzene rings is 2. The van der Waals surface area contributed by atoms with E-state index >= 15 is 0 Å². The second-order valence-electron chi connectivity index (χ2n) is 3.85. The van der Waals surface area contributed by atoms with Gasteiger partial charge in [-0.1, -0.05) is 11.6 Å². The standard InChI is InChI=1S/C13H6ClF4IO/c14-8-3-7(4-9(15)5-8)11-2-1-10(6-12(11)19)20-13(16,17)18/h1-6H. The van der Waals surface area contributed by atoms with Crippen LogP contribution < -0.4 is 4.74 Å². The van der Waals surface area contributed by atoms with Crippen molar-refractivity contribution in [1.29, 1.82) is 0 Å². The monoisotopic (exact) mass is 416 g/mol. The first-order valence-electron chi connectivity index (χ1n) is 5.26. The highest BCUT2D eigenvalue weighted by Crippen LogP contribution is 2.32. The Hall–Kier alpha value is -1.02. The molecule has 0 bridgehead atoms. The van der Waals surface area contributed by atoms with Gasteiger partial charge in [0, 0.05) is 8.59 Å². The lowest BCUT2D eigenvalue weighted by molar-refractivity contribution is -0.274. The summed E-state index contributed by atoms with van der Waals surface area (Å²) in [5, 5.41) is 0.214. The van der Waals surface area contributed by atoms with Crippen LogP contribution in [0.4, 0.5) is 17.6 Å². The number of hydrogen-bond donors (Lipinski definition) is 0. The molecule has 0 saturated heterocycles. The first-order chi connectivity index (χ1) is 9.24. The molecule has 7 heteroatoms. The van der Waals surface area contributed by atoms with Crippen LogP contribution in [0, 0.1) is 9.39 Å². The van der Waals surface area contributed by atoms with Crippen LogP contribution in [0.25, 0.3) is 11.1 Å². The fraction of sp³-hybridized carbons (Fsp3) is 0.0769. The van der Waals surface area contributed by atoms with Gasteiger partial charge in [0.1, 0.15) is 11.6 Å². The zero-order valence-electron chi connectivity index (χ0n) is 9.64. The van der Waals surface area contributed by atoms with Gasteiger partial charge in [-0.25, -0.2) is 4.39 Å². The van der Waals surface area contributed by atoms with E-state index in [2.05, 4.69) is 4.74 Å². The summed E-state index contributed by atoms with van der Waals surface area (Å²) in [4.78, 5) is 0. The lowest BCUT2D eigenvalue weighted by Gasteiger charge is -2.11. The molecule has 0 aliphatic heterocycles. The minimum absolute atomic E-state index is 0.214. The summed E-state index contributed by atoms with van der Waals surface area (Å²) in [5.41, 5.74) is 1.06. The Morgan fingerprint density at radius 3 is 2.30 bits per heavy atom. The number of hydrogen-bond acceptors (Lipinski definition) is 1. The summed E-state index contributed by atoms with van der Waals surface area (Å²) in [6, 6.07) is 7.76. The van der Waals surface area contributed by atoms with Crippen LogP contribution in [0.1, 0.15) is 0 Å². The van der Waals surface area contributed by atoms with E-state index < -0.39 is 12.2 Å². The molecule has 0 fully saturated rings. The Labute approximate surface area is 130 Å². The Morgan fingerprint density at radius 2 is 1.75 bits per heavy atom. The second-order valence-corrected chi connectivity index (χ2v) is 5.45. The van der Waals surface area contributed by atoms with Crippen molar-refractivity contribution in [3.05, 3.63) is 50.8 Å². The van der Waals surface area contributed by atoms with E-state index in [4.69, 9.17) is 11.6 Å². The van der Waals surface area contributed by atoms with E-state index in [1.165, 1.54) is 30.3 Å². The number of rotatable bonds is 2. The van der Waals surface area contributed by atoms with Gasteiger partial charge in [0.2, 0.25) is 0 Å². The van der Waals surface area contributed by atoms with Gasteiger partial charge >= 0.3 is 6.36 Å². The van der Waals surface area contributed by atoms with Crippen LogP contribution in [-0.2, 0) is 0 Å². The summed E-state index contributed by atoms with van der Waals surface area (Å²) in [6.07, 6.45) is -4.74. The predicted molar refractivity (Wildman–Crippen MR) is 76.2 cm³/mol. The van der Waals surface area contributed by atoms with Gasteiger partial charge in [0.05, 0.1) is 0 Å². The topological polar surface area (TPSA) is 9.23 Å². The fourth-order valence-electron chi connectivity index (χ4n) is 1.64. The van der Waals surface area contributed by atoms with Gasteiger partial charge in [-0.2, -0.15) is 0 Å². The van der Waals surface area contributed by atoms with Gasteiger partial charge in [-0.15, -0.1) is 13.2 Å². The minimum atomic E-state index is -4.74. The molecule has 1 nitrogen and oxygen atoms in total. The normalized spacial score (nSPS) is 11.5. The maximum Gasteiger partial charge on any atom is 0.573 e. The molecular formula is C13H6ClF4IO. The molecule has 0 spiro atoms. The van der Waals surface area contributed by atoms with Gasteiger partial charge < -0.3 is 4.74 Å². The summed E-state index contributed by atoms with van der Waals surface area (Å²) >= 11 is 7.61. The minimum Gasteiger partial charge on any atom is -0.406 e. The van der Waals surface area contributed by atoms with Gasteiger partial charge in [-0.3, -0.25) is 0 Å². The van der Waals surface area contributed by atoms with Crippen LogP contribution in [0.5, 0.6) is 5.75 Å². The van der Waals surface area contributed by atoms with Crippen molar-refractivity contribution in [2.45, 2.75) is 6.36 Å². The maximum atomic E-state index is 13.3. The van der Waals surface area contributed by atoms with E-state index in [0.29, 0.717) is 14.7 Å². The highest BCUT2D eigenvalue weighted by atomic mass is 127. The number of halogens is 6. The van der Waals surface area contributed by atoms with Crippen molar-refractivity contribution in [1.82, 2.24) is 0 Å². The lowest BCUT2D eigenvalue weighted by Crippen LogP contribution is -2.17. The van der Waals surface area contributed by atoms with Crippen LogP contribution in [0.3, 0.4) is 0 Å². The molecule has 0 aromatic heterocycles. The Bertz CT molecular complexity index is 623. The number of alkyl halides is 3. The lowest BCUT2D eigenvalue weighted by atomic mass is 10.1. The Kier molecular flexibility index (Phi) is 4.43. The van der Waals surface area contributed by atoms with Crippen molar-refractivity contribution < 1.29 is 22.3 Å². The summed E-state index contributed by atoms with van der Waals surface area (Å²) in [6.45, 7) is 0. The fourth-order valence-corrected chi connectivity index (χ4v) is 2.66. The maximum absolute atomic E-state index is 13.3. The molecular weight excluding hydrogens is 410 g/mol. The molecule has 0 aliphatic rings. The Morgan fingerprint density at radius 1 is 1.05 bits per heavy atom. The third-order valence-corrected chi connectivity index (χ3v) is 3.46. The average Bonchev–Trinajstić information content (AvgIpc) is 2.25. The molecule has 0 radical (unpaired) electrons. The molecule has 0 saturated carbocycles. The molecule has 2 aromatic carbocycles. The zero-order chi connectivity index (χ0) is 14.9. The van der Waals surface area contributed by atoms with E-state index in [9.17, 15) is 17.6 Å². The highest BCUT2D eigenvalue weighted by molar-refractivity contribution is 14.1. The van der Waals surface area contributed by atoms with Crippen LogP contribution in [-0.4, -0.2) is 6.36 Å². The average molecular weight is 417 g/mol. The predicted octanol–water partition coefficient (Wildman–Crippen LogP) is 5.65. The molecule has 2 rings (SSSR count). The smallest absolute Gasteiger partial charge is 0.406 e. The molecule has 0 aliphatic carbocycles. The second kappa shape index (κ2) is 5.77. The van der Waals surface area contributed by atoms with Crippen LogP contribution in [0.15, 0.2) is 36.4 Å². The van der Waals surface area contributed by atoms with Crippen molar-refractivity contribution in [3.8, 4) is 16.9 Å². The summed E-state index contributed by atoms with van der Waals surface area (Å²) in [5.74, 6) is -0.841. The first kappa shape index (κ1) is 15.4. The molecule has 20 heavy (non-hydrogen) atoms. The number of ether oxygens (including phenoxy) is 1. The van der Waals surface area contributed by atoms with Crippen LogP contribution >= 0.6 is 34.2 Å². The van der Waals surface area contributed by atoms with E-state index in [1.54, 1.807) is 0 Å². The summed E-state index contributed by atoms with van der Waals surface area (Å²) in [7, 11) is 0. The van der Waals surface area contributed by atoms with Gasteiger partial charge in [0.25, 0.3) is 0 Å². The molecule has 0 unspecified atom stereocenters. The largest absolute Gasteiger partial charge is 0.573 e. The SMILES string of the molecule is Fc1cc(Cl)cc(-c2ccc(OC(F)(F)F)cc2I)c1. The third-order valence-electron chi connectivity index (χ3n) is 2.35. The van der Waals surface area contributed by atoms with Crippen molar-refractivity contribution in [3.63, 3.8) is 0 Å². The van der Waals surface area contributed by atoms with Crippen molar-refractivity contribution >= 4 is 34.2 Å². The molecule has 0 heterocycles. The van der Waals surface area contributed by atoms with Crippen LogP contribution in [0.2, 0.25) is 5.02 Å². The molecule has 2 aromatic rings. The van der Waals surface area contributed by atoms with E-state index in [-0.39, 0.29) is 10.8 Å². The van der Waals surface area contributed by atoms with Gasteiger partial charge in [-0.05, 0) is 70.1 Å². The molecule has 0 amide bonds. The van der Waals surface area contributed by atoms with Crippen molar-refractivity contribution in [2.24, 2.45) is 0 Å². The molecule has 0 atom stereocenters. The molecule has 106 valence electrons. The van der Waals surface area contributed by atoms with E-state index in [1.807, 2.05) is 22.6 Å². The third kappa shape index (κ3) is 3.99.